The minimum Gasteiger partial charge on any atom is -0.454 e. The molecule has 3 aromatic rings. The van der Waals surface area contributed by atoms with Crippen LogP contribution < -0.4 is 19.7 Å². The fourth-order valence-corrected chi connectivity index (χ4v) is 3.54. The molecule has 3 aromatic carbocycles. The molecule has 0 saturated carbocycles. The number of rotatable bonds is 4. The summed E-state index contributed by atoms with van der Waals surface area (Å²) in [6.07, 6.45) is 1.96. The Kier molecular flexibility index (Phi) is 3.98. The lowest BCUT2D eigenvalue weighted by atomic mass is 10.1. The van der Waals surface area contributed by atoms with E-state index in [0.717, 1.165) is 22.7 Å². The maximum absolute atomic E-state index is 13.3. The molecule has 2 aliphatic rings. The van der Waals surface area contributed by atoms with E-state index in [4.69, 9.17) is 9.47 Å². The van der Waals surface area contributed by atoms with Crippen LogP contribution in [0.4, 0.5) is 11.4 Å². The lowest BCUT2D eigenvalue weighted by molar-refractivity contribution is -0.114. The van der Waals surface area contributed by atoms with Gasteiger partial charge in [-0.1, -0.05) is 42.5 Å². The highest BCUT2D eigenvalue weighted by Gasteiger charge is 2.35. The number of ether oxygens (including phenoxy) is 2. The molecular formula is C23H18N2O3. The lowest BCUT2D eigenvalue weighted by Crippen LogP contribution is -2.30. The molecule has 2 heterocycles. The van der Waals surface area contributed by atoms with Crippen LogP contribution in [0.3, 0.4) is 0 Å². The number of para-hydroxylation sites is 2. The summed E-state index contributed by atoms with van der Waals surface area (Å²) in [5, 5.41) is 3.26. The average Bonchev–Trinajstić information content (AvgIpc) is 3.33. The van der Waals surface area contributed by atoms with Crippen LogP contribution in [0.15, 0.2) is 90.6 Å². The zero-order chi connectivity index (χ0) is 18.9. The summed E-state index contributed by atoms with van der Waals surface area (Å²) in [5.41, 5.74) is 3.24. The third-order valence-electron chi connectivity index (χ3n) is 4.88. The van der Waals surface area contributed by atoms with E-state index in [1.807, 2.05) is 84.9 Å². The van der Waals surface area contributed by atoms with Crippen LogP contribution >= 0.6 is 0 Å². The SMILES string of the molecule is O=C1C(Nc2ccccc2)=C[C@@H](c2ccc3c(c2)OCO3)N1c1ccccc1. The van der Waals surface area contributed by atoms with Crippen molar-refractivity contribution in [2.75, 3.05) is 17.0 Å². The largest absolute Gasteiger partial charge is 0.454 e. The molecule has 0 spiro atoms. The van der Waals surface area contributed by atoms with Crippen LogP contribution in [0.1, 0.15) is 11.6 Å². The molecule has 28 heavy (non-hydrogen) atoms. The predicted molar refractivity (Wildman–Crippen MR) is 107 cm³/mol. The first-order valence-corrected chi connectivity index (χ1v) is 9.12. The monoisotopic (exact) mass is 370 g/mol. The summed E-state index contributed by atoms with van der Waals surface area (Å²) >= 11 is 0. The van der Waals surface area contributed by atoms with E-state index in [2.05, 4.69) is 5.32 Å². The molecule has 1 atom stereocenters. The number of benzene rings is 3. The number of carbonyl (C=O) groups excluding carboxylic acids is 1. The van der Waals surface area contributed by atoms with E-state index in [0.29, 0.717) is 11.4 Å². The summed E-state index contributed by atoms with van der Waals surface area (Å²) in [4.78, 5) is 15.1. The van der Waals surface area contributed by atoms with E-state index in [1.54, 1.807) is 4.90 Å². The standard InChI is InChI=1S/C23H18N2O3/c26-23-19(24-17-7-3-1-4-8-17)14-20(25(23)18-9-5-2-6-10-18)16-11-12-21-22(13-16)28-15-27-21/h1-14,20,24H,15H2/t20-/m0/s1. The van der Waals surface area contributed by atoms with Gasteiger partial charge >= 0.3 is 0 Å². The van der Waals surface area contributed by atoms with Crippen molar-refractivity contribution in [2.45, 2.75) is 6.04 Å². The molecule has 0 radical (unpaired) electrons. The average molecular weight is 370 g/mol. The molecule has 0 fully saturated rings. The zero-order valence-corrected chi connectivity index (χ0v) is 15.0. The van der Waals surface area contributed by atoms with E-state index in [-0.39, 0.29) is 18.7 Å². The molecule has 0 bridgehead atoms. The van der Waals surface area contributed by atoms with Crippen molar-refractivity contribution in [3.8, 4) is 11.5 Å². The predicted octanol–water partition coefficient (Wildman–Crippen LogP) is 4.50. The molecule has 0 aromatic heterocycles. The van der Waals surface area contributed by atoms with Crippen molar-refractivity contribution >= 4 is 17.3 Å². The fourth-order valence-electron chi connectivity index (χ4n) is 3.54. The number of nitrogens with one attached hydrogen (secondary N) is 1. The highest BCUT2D eigenvalue weighted by Crippen LogP contribution is 2.40. The first kappa shape index (κ1) is 16.4. The molecule has 5 nitrogen and oxygen atoms in total. The topological polar surface area (TPSA) is 50.8 Å². The molecule has 1 amide bonds. The van der Waals surface area contributed by atoms with Gasteiger partial charge in [-0.05, 0) is 48.0 Å². The Balaban J connectivity index is 1.55. The van der Waals surface area contributed by atoms with Crippen molar-refractivity contribution in [1.82, 2.24) is 0 Å². The fraction of sp³-hybridized carbons (Fsp3) is 0.0870. The van der Waals surface area contributed by atoms with Crippen molar-refractivity contribution < 1.29 is 14.3 Å². The summed E-state index contributed by atoms with van der Waals surface area (Å²) in [7, 11) is 0. The van der Waals surface area contributed by atoms with Gasteiger partial charge in [-0.15, -0.1) is 0 Å². The van der Waals surface area contributed by atoms with Crippen molar-refractivity contribution in [3.63, 3.8) is 0 Å². The normalized spacial score (nSPS) is 17.6. The molecule has 138 valence electrons. The molecule has 1 N–H and O–H groups in total. The molecule has 0 saturated heterocycles. The Morgan fingerprint density at radius 1 is 0.857 bits per heavy atom. The first-order valence-electron chi connectivity index (χ1n) is 9.12. The minimum absolute atomic E-state index is 0.0716. The second-order valence-electron chi connectivity index (χ2n) is 6.64. The highest BCUT2D eigenvalue weighted by atomic mass is 16.7. The van der Waals surface area contributed by atoms with Gasteiger partial charge in [0.25, 0.3) is 5.91 Å². The van der Waals surface area contributed by atoms with Gasteiger partial charge in [0, 0.05) is 11.4 Å². The summed E-state index contributed by atoms with van der Waals surface area (Å²) in [6, 6.07) is 25.0. The Labute approximate surface area is 162 Å². The number of fused-ring (bicyclic) bond motifs is 1. The van der Waals surface area contributed by atoms with Gasteiger partial charge in [0.15, 0.2) is 11.5 Å². The Hall–Kier alpha value is -3.73. The van der Waals surface area contributed by atoms with Crippen molar-refractivity contribution in [3.05, 3.63) is 96.2 Å². The van der Waals surface area contributed by atoms with E-state index in [1.165, 1.54) is 0 Å². The second-order valence-corrected chi connectivity index (χ2v) is 6.64. The number of nitrogens with zero attached hydrogens (tertiary/aromatic N) is 1. The molecular weight excluding hydrogens is 352 g/mol. The first-order chi connectivity index (χ1) is 13.8. The minimum atomic E-state index is -0.240. The second kappa shape index (κ2) is 6.78. The Morgan fingerprint density at radius 3 is 2.36 bits per heavy atom. The van der Waals surface area contributed by atoms with Crippen LogP contribution in [0, 0.1) is 0 Å². The number of hydrogen-bond acceptors (Lipinski definition) is 4. The third-order valence-corrected chi connectivity index (χ3v) is 4.88. The van der Waals surface area contributed by atoms with Gasteiger partial charge in [0.05, 0.1) is 6.04 Å². The van der Waals surface area contributed by atoms with E-state index < -0.39 is 0 Å². The van der Waals surface area contributed by atoms with Crippen LogP contribution in [0.2, 0.25) is 0 Å². The Morgan fingerprint density at radius 2 is 1.57 bits per heavy atom. The highest BCUT2D eigenvalue weighted by molar-refractivity contribution is 6.11. The number of amides is 1. The maximum Gasteiger partial charge on any atom is 0.275 e. The van der Waals surface area contributed by atoms with Crippen LogP contribution in [-0.4, -0.2) is 12.7 Å². The molecule has 0 aliphatic carbocycles. The van der Waals surface area contributed by atoms with Gasteiger partial charge in [-0.3, -0.25) is 9.69 Å². The summed E-state index contributed by atoms with van der Waals surface area (Å²) < 4.78 is 10.9. The van der Waals surface area contributed by atoms with Crippen LogP contribution in [0.5, 0.6) is 11.5 Å². The maximum atomic E-state index is 13.3. The summed E-state index contributed by atoms with van der Waals surface area (Å²) in [5.74, 6) is 1.36. The van der Waals surface area contributed by atoms with Gasteiger partial charge in [-0.2, -0.15) is 0 Å². The number of anilines is 2. The quantitative estimate of drug-likeness (QED) is 0.735. The zero-order valence-electron chi connectivity index (χ0n) is 15.0. The summed E-state index contributed by atoms with van der Waals surface area (Å²) in [6.45, 7) is 0.224. The molecule has 5 rings (SSSR count). The van der Waals surface area contributed by atoms with Crippen molar-refractivity contribution in [1.29, 1.82) is 0 Å². The van der Waals surface area contributed by atoms with Crippen molar-refractivity contribution in [2.24, 2.45) is 0 Å². The molecule has 2 aliphatic heterocycles. The number of hydrogen-bond donors (Lipinski definition) is 1. The smallest absolute Gasteiger partial charge is 0.275 e. The molecule has 5 heteroatoms. The van der Waals surface area contributed by atoms with Crippen LogP contribution in [0.25, 0.3) is 0 Å². The lowest BCUT2D eigenvalue weighted by Gasteiger charge is -2.25. The van der Waals surface area contributed by atoms with Crippen LogP contribution in [-0.2, 0) is 4.79 Å². The van der Waals surface area contributed by atoms with E-state index in [9.17, 15) is 4.79 Å². The van der Waals surface area contributed by atoms with E-state index >= 15 is 0 Å². The van der Waals surface area contributed by atoms with Gasteiger partial charge < -0.3 is 14.8 Å². The van der Waals surface area contributed by atoms with Gasteiger partial charge in [0.1, 0.15) is 5.70 Å². The Bertz CT molecular complexity index is 1050. The van der Waals surface area contributed by atoms with Gasteiger partial charge in [-0.25, -0.2) is 0 Å². The molecule has 0 unspecified atom stereocenters. The number of carbonyl (C=O) groups is 1. The third kappa shape index (κ3) is 2.87. The van der Waals surface area contributed by atoms with Gasteiger partial charge in [0.2, 0.25) is 6.79 Å².